The summed E-state index contributed by atoms with van der Waals surface area (Å²) in [7, 11) is 0. The quantitative estimate of drug-likeness (QED) is 0.604. The Morgan fingerprint density at radius 2 is 1.64 bits per heavy atom. The average molecular weight is 399 g/mol. The summed E-state index contributed by atoms with van der Waals surface area (Å²) < 4.78 is 0. The lowest BCUT2D eigenvalue weighted by molar-refractivity contribution is -0.127. The van der Waals surface area contributed by atoms with Crippen molar-refractivity contribution < 1.29 is 9.59 Å². The number of hydrogen-bond acceptors (Lipinski definition) is 4. The molecule has 1 saturated heterocycles. The highest BCUT2D eigenvalue weighted by Gasteiger charge is 2.23. The van der Waals surface area contributed by atoms with Gasteiger partial charge in [0, 0.05) is 25.7 Å². The molecule has 0 aromatic heterocycles. The van der Waals surface area contributed by atoms with Gasteiger partial charge >= 0.3 is 0 Å². The Morgan fingerprint density at radius 1 is 1.12 bits per heavy atom. The third-order valence-electron chi connectivity index (χ3n) is 4.33. The number of carbonyl (C=O) groups excluding carboxylic acids is 2. The number of piperidine rings is 1. The maximum absolute atomic E-state index is 11.9. The van der Waals surface area contributed by atoms with Crippen molar-refractivity contribution in [1.82, 2.24) is 15.5 Å². The van der Waals surface area contributed by atoms with Gasteiger partial charge in [0.25, 0.3) is 0 Å². The molecule has 2 amide bonds. The number of hydrogen-bond donors (Lipinski definition) is 3. The monoisotopic (exact) mass is 398 g/mol. The summed E-state index contributed by atoms with van der Waals surface area (Å²) in [6, 6.07) is -0.507. The van der Waals surface area contributed by atoms with Gasteiger partial charge in [-0.05, 0) is 31.1 Å². The van der Waals surface area contributed by atoms with E-state index in [2.05, 4.69) is 29.4 Å². The van der Waals surface area contributed by atoms with Crippen LogP contribution in [0.25, 0.3) is 0 Å². The van der Waals surface area contributed by atoms with Crippen LogP contribution in [0, 0.1) is 17.8 Å². The molecule has 0 bridgehead atoms. The van der Waals surface area contributed by atoms with Crippen molar-refractivity contribution >= 4 is 36.6 Å². The molecule has 3 unspecified atom stereocenters. The van der Waals surface area contributed by atoms with Crippen LogP contribution in [0.1, 0.15) is 41.0 Å². The molecule has 1 aliphatic heterocycles. The Balaban J connectivity index is 0. The van der Waals surface area contributed by atoms with Crippen molar-refractivity contribution in [3.05, 3.63) is 0 Å². The van der Waals surface area contributed by atoms with E-state index in [1.165, 1.54) is 6.42 Å². The Bertz CT molecular complexity index is 400. The summed E-state index contributed by atoms with van der Waals surface area (Å²) in [4.78, 5) is 26.1. The molecular weight excluding hydrogens is 363 g/mol. The van der Waals surface area contributed by atoms with Crippen LogP contribution in [-0.2, 0) is 9.59 Å². The number of nitrogens with zero attached hydrogens (tertiary/aromatic N) is 1. The van der Waals surface area contributed by atoms with Crippen LogP contribution in [0.15, 0.2) is 0 Å². The van der Waals surface area contributed by atoms with E-state index in [4.69, 9.17) is 5.73 Å². The molecule has 0 saturated carbocycles. The number of rotatable bonds is 7. The summed E-state index contributed by atoms with van der Waals surface area (Å²) >= 11 is 0. The summed E-state index contributed by atoms with van der Waals surface area (Å²) in [5.74, 6) is 1.03. The summed E-state index contributed by atoms with van der Waals surface area (Å²) in [6.07, 6.45) is 1.28. The number of nitrogens with two attached hydrogens (primary N) is 1. The molecule has 150 valence electrons. The molecule has 6 nitrogen and oxygen atoms in total. The van der Waals surface area contributed by atoms with Gasteiger partial charge in [0.15, 0.2) is 0 Å². The van der Waals surface area contributed by atoms with Gasteiger partial charge in [-0.3, -0.25) is 9.59 Å². The fourth-order valence-electron chi connectivity index (χ4n) is 3.29. The summed E-state index contributed by atoms with van der Waals surface area (Å²) in [5, 5.41) is 5.54. The first-order chi connectivity index (χ1) is 10.7. The molecule has 0 spiro atoms. The third kappa shape index (κ3) is 10.2. The largest absolute Gasteiger partial charge is 0.351 e. The highest BCUT2D eigenvalue weighted by molar-refractivity contribution is 5.87. The fraction of sp³-hybridized carbons (Fsp3) is 0.882. The third-order valence-corrected chi connectivity index (χ3v) is 4.33. The Morgan fingerprint density at radius 3 is 2.12 bits per heavy atom. The highest BCUT2D eigenvalue weighted by Crippen LogP contribution is 2.20. The second-order valence-electron chi connectivity index (χ2n) is 7.62. The van der Waals surface area contributed by atoms with Crippen LogP contribution in [0.4, 0.5) is 0 Å². The summed E-state index contributed by atoms with van der Waals surface area (Å²) in [6.45, 7) is 13.3. The van der Waals surface area contributed by atoms with Gasteiger partial charge in [0.2, 0.25) is 11.8 Å². The zero-order valence-corrected chi connectivity index (χ0v) is 17.7. The second-order valence-corrected chi connectivity index (χ2v) is 7.62. The molecule has 0 radical (unpaired) electrons. The highest BCUT2D eigenvalue weighted by atomic mass is 35.5. The summed E-state index contributed by atoms with van der Waals surface area (Å²) in [5.41, 5.74) is 5.75. The van der Waals surface area contributed by atoms with Crippen LogP contribution in [0.2, 0.25) is 0 Å². The van der Waals surface area contributed by atoms with Crippen molar-refractivity contribution in [2.75, 3.05) is 26.2 Å². The predicted octanol–water partition coefficient (Wildman–Crippen LogP) is 1.41. The fourth-order valence-corrected chi connectivity index (χ4v) is 3.29. The molecule has 1 fully saturated rings. The van der Waals surface area contributed by atoms with Crippen LogP contribution < -0.4 is 16.4 Å². The van der Waals surface area contributed by atoms with Gasteiger partial charge in [-0.2, -0.15) is 0 Å². The first kappa shape index (κ1) is 26.7. The van der Waals surface area contributed by atoms with Gasteiger partial charge in [0.1, 0.15) is 0 Å². The van der Waals surface area contributed by atoms with E-state index in [9.17, 15) is 9.59 Å². The molecule has 0 aromatic rings. The van der Waals surface area contributed by atoms with E-state index in [-0.39, 0.29) is 55.1 Å². The van der Waals surface area contributed by atoms with Gasteiger partial charge in [-0.15, -0.1) is 24.8 Å². The van der Waals surface area contributed by atoms with Gasteiger partial charge in [-0.25, -0.2) is 0 Å². The molecule has 1 heterocycles. The number of carbonyl (C=O) groups is 2. The standard InChI is InChI=1S/C17H34N4O2.2ClH/c1-11(2)16(18)17(23)19-7-15(22)20-14(5)10-21-8-12(3)6-13(4)9-21;;/h11-14,16H,6-10,18H2,1-5H3,(H,19,23)(H,20,22);2*1H/t12?,13?,14?,16-;;/m0../s1. The average Bonchev–Trinajstić information content (AvgIpc) is 2.42. The van der Waals surface area contributed by atoms with Gasteiger partial charge < -0.3 is 21.3 Å². The van der Waals surface area contributed by atoms with Crippen molar-refractivity contribution in [3.8, 4) is 0 Å². The number of amides is 2. The lowest BCUT2D eigenvalue weighted by Gasteiger charge is -2.36. The van der Waals surface area contributed by atoms with Gasteiger partial charge in [0.05, 0.1) is 12.6 Å². The van der Waals surface area contributed by atoms with E-state index < -0.39 is 6.04 Å². The minimum absolute atomic E-state index is 0. The molecule has 0 aromatic carbocycles. The predicted molar refractivity (Wildman–Crippen MR) is 107 cm³/mol. The smallest absolute Gasteiger partial charge is 0.239 e. The van der Waals surface area contributed by atoms with E-state index in [1.807, 2.05) is 20.8 Å². The first-order valence-electron chi connectivity index (χ1n) is 8.74. The minimum Gasteiger partial charge on any atom is -0.351 e. The van der Waals surface area contributed by atoms with E-state index >= 15 is 0 Å². The lowest BCUT2D eigenvalue weighted by Crippen LogP contribution is -2.50. The van der Waals surface area contributed by atoms with Crippen molar-refractivity contribution in [2.24, 2.45) is 23.5 Å². The van der Waals surface area contributed by atoms with Crippen LogP contribution in [0.5, 0.6) is 0 Å². The first-order valence-corrected chi connectivity index (χ1v) is 8.74. The Labute approximate surface area is 164 Å². The van der Waals surface area contributed by atoms with E-state index in [0.717, 1.165) is 19.6 Å². The van der Waals surface area contributed by atoms with E-state index in [0.29, 0.717) is 11.8 Å². The number of halogens is 2. The molecule has 0 aliphatic carbocycles. The lowest BCUT2D eigenvalue weighted by atomic mass is 9.92. The topological polar surface area (TPSA) is 87.5 Å². The maximum Gasteiger partial charge on any atom is 0.239 e. The molecule has 25 heavy (non-hydrogen) atoms. The van der Waals surface area contributed by atoms with Crippen LogP contribution >= 0.6 is 24.8 Å². The molecule has 1 aliphatic rings. The molecule has 8 heteroatoms. The number of likely N-dealkylation sites (tertiary alicyclic amines) is 1. The molecule has 4 atom stereocenters. The SMILES string of the molecule is CC1CC(C)CN(CC(C)NC(=O)CNC(=O)[C@@H](N)C(C)C)C1.Cl.Cl. The number of nitrogens with one attached hydrogen (secondary N) is 2. The molecule has 4 N–H and O–H groups in total. The van der Waals surface area contributed by atoms with Crippen LogP contribution in [-0.4, -0.2) is 55.0 Å². The van der Waals surface area contributed by atoms with Gasteiger partial charge in [-0.1, -0.05) is 27.7 Å². The minimum atomic E-state index is -0.573. The van der Waals surface area contributed by atoms with Crippen LogP contribution in [0.3, 0.4) is 0 Å². The molecular formula is C17H36Cl2N4O2. The zero-order valence-electron chi connectivity index (χ0n) is 16.1. The normalized spacial score (nSPS) is 23.0. The maximum atomic E-state index is 11.9. The van der Waals surface area contributed by atoms with Crippen molar-refractivity contribution in [2.45, 2.75) is 53.1 Å². The van der Waals surface area contributed by atoms with E-state index in [1.54, 1.807) is 0 Å². The second kappa shape index (κ2) is 12.7. The van der Waals surface area contributed by atoms with Crippen molar-refractivity contribution in [1.29, 1.82) is 0 Å². The Kier molecular flexibility index (Phi) is 13.6. The Hall–Kier alpha value is -0.560. The molecule has 1 rings (SSSR count). The zero-order chi connectivity index (χ0) is 17.6. The van der Waals surface area contributed by atoms with Crippen molar-refractivity contribution in [3.63, 3.8) is 0 Å².